The van der Waals surface area contributed by atoms with Crippen LogP contribution in [0.3, 0.4) is 0 Å². The second-order valence-electron chi connectivity index (χ2n) is 6.22. The highest BCUT2D eigenvalue weighted by Crippen LogP contribution is 2.28. The lowest BCUT2D eigenvalue weighted by Crippen LogP contribution is -2.46. The van der Waals surface area contributed by atoms with Gasteiger partial charge >= 0.3 is 0 Å². The number of piperidine rings is 1. The van der Waals surface area contributed by atoms with Gasteiger partial charge in [-0.1, -0.05) is 6.07 Å². The van der Waals surface area contributed by atoms with E-state index < -0.39 is 0 Å². The molecule has 1 saturated heterocycles. The largest absolute Gasteiger partial charge is 0.312 e. The third-order valence-corrected chi connectivity index (χ3v) is 5.45. The van der Waals surface area contributed by atoms with E-state index in [0.717, 1.165) is 11.3 Å². The number of aromatic nitrogens is 1. The molecule has 0 N–H and O–H groups in total. The molecule has 126 valence electrons. The van der Waals surface area contributed by atoms with Crippen LogP contribution in [0.1, 0.15) is 24.0 Å². The van der Waals surface area contributed by atoms with Crippen molar-refractivity contribution in [3.63, 3.8) is 0 Å². The summed E-state index contributed by atoms with van der Waals surface area (Å²) in [6.07, 6.45) is 2.68. The first kappa shape index (κ1) is 16.6. The minimum atomic E-state index is -0.196. The van der Waals surface area contributed by atoms with Crippen molar-refractivity contribution in [3.8, 4) is 0 Å². The van der Waals surface area contributed by atoms with Gasteiger partial charge < -0.3 is 4.90 Å². The van der Waals surface area contributed by atoms with Crippen LogP contribution in [0.15, 0.2) is 29.8 Å². The first-order valence-electron chi connectivity index (χ1n) is 8.02. The molecule has 1 aliphatic heterocycles. The molecule has 24 heavy (non-hydrogen) atoms. The van der Waals surface area contributed by atoms with E-state index in [1.807, 2.05) is 37.4 Å². The summed E-state index contributed by atoms with van der Waals surface area (Å²) in [5, 5.41) is 2.54. The highest BCUT2D eigenvalue weighted by atomic mass is 32.1. The lowest BCUT2D eigenvalue weighted by molar-refractivity contribution is -0.125. The standard InChI is InChI=1S/C18H21N3O2S/c1-12-4-6-15(10-13(12)2)21-11-14(5-7-16(21)22)17(23)20(3)18-19-8-9-24-18/h4,6,8-10,14H,5,7,11H2,1-3H3/t14-/m1/s1. The number of hydrogen-bond acceptors (Lipinski definition) is 4. The quantitative estimate of drug-likeness (QED) is 0.860. The number of benzene rings is 1. The third kappa shape index (κ3) is 3.19. The maximum absolute atomic E-state index is 12.8. The topological polar surface area (TPSA) is 53.5 Å². The molecule has 0 aliphatic carbocycles. The number of carbonyl (C=O) groups excluding carboxylic acids is 2. The van der Waals surface area contributed by atoms with E-state index in [4.69, 9.17) is 0 Å². The van der Waals surface area contributed by atoms with Gasteiger partial charge in [0.25, 0.3) is 0 Å². The summed E-state index contributed by atoms with van der Waals surface area (Å²) in [4.78, 5) is 32.6. The lowest BCUT2D eigenvalue weighted by atomic mass is 9.95. The monoisotopic (exact) mass is 343 g/mol. The number of aryl methyl sites for hydroxylation is 2. The molecule has 1 aliphatic rings. The summed E-state index contributed by atoms with van der Waals surface area (Å²) < 4.78 is 0. The average molecular weight is 343 g/mol. The van der Waals surface area contributed by atoms with Crippen molar-refractivity contribution in [1.29, 1.82) is 0 Å². The van der Waals surface area contributed by atoms with E-state index in [-0.39, 0.29) is 17.7 Å². The van der Waals surface area contributed by atoms with Crippen molar-refractivity contribution in [2.45, 2.75) is 26.7 Å². The Morgan fingerprint density at radius 2 is 2.12 bits per heavy atom. The molecule has 1 aromatic heterocycles. The number of anilines is 2. The third-order valence-electron chi connectivity index (χ3n) is 4.60. The molecule has 0 saturated carbocycles. The minimum absolute atomic E-state index is 0.0197. The van der Waals surface area contributed by atoms with Crippen LogP contribution in [-0.2, 0) is 9.59 Å². The van der Waals surface area contributed by atoms with Crippen molar-refractivity contribution in [2.75, 3.05) is 23.4 Å². The van der Waals surface area contributed by atoms with Crippen LogP contribution in [0.5, 0.6) is 0 Å². The average Bonchev–Trinajstić information content (AvgIpc) is 3.11. The summed E-state index contributed by atoms with van der Waals surface area (Å²) in [6, 6.07) is 5.99. The normalized spacial score (nSPS) is 17.9. The maximum Gasteiger partial charge on any atom is 0.233 e. The van der Waals surface area contributed by atoms with Crippen molar-refractivity contribution >= 4 is 34.0 Å². The van der Waals surface area contributed by atoms with Crippen LogP contribution in [0, 0.1) is 19.8 Å². The molecular formula is C18H21N3O2S. The van der Waals surface area contributed by atoms with E-state index >= 15 is 0 Å². The summed E-state index contributed by atoms with van der Waals surface area (Å²) in [7, 11) is 1.75. The Kier molecular flexibility index (Phi) is 4.66. The van der Waals surface area contributed by atoms with Crippen molar-refractivity contribution < 1.29 is 9.59 Å². The predicted molar refractivity (Wildman–Crippen MR) is 96.5 cm³/mol. The van der Waals surface area contributed by atoms with E-state index in [9.17, 15) is 9.59 Å². The molecule has 1 atom stereocenters. The van der Waals surface area contributed by atoms with Gasteiger partial charge in [-0.2, -0.15) is 0 Å². The highest BCUT2D eigenvalue weighted by molar-refractivity contribution is 7.13. The molecule has 5 nitrogen and oxygen atoms in total. The van der Waals surface area contributed by atoms with E-state index in [0.29, 0.717) is 24.5 Å². The maximum atomic E-state index is 12.8. The first-order valence-corrected chi connectivity index (χ1v) is 8.90. The molecule has 0 bridgehead atoms. The summed E-state index contributed by atoms with van der Waals surface area (Å²) in [6.45, 7) is 4.51. The highest BCUT2D eigenvalue weighted by Gasteiger charge is 2.33. The van der Waals surface area contributed by atoms with Crippen LogP contribution >= 0.6 is 11.3 Å². The Morgan fingerprint density at radius 3 is 2.79 bits per heavy atom. The first-order chi connectivity index (χ1) is 11.5. The van der Waals surface area contributed by atoms with Gasteiger partial charge in [0.05, 0.1) is 5.92 Å². The van der Waals surface area contributed by atoms with Gasteiger partial charge in [-0.05, 0) is 43.5 Å². The molecule has 1 fully saturated rings. The summed E-state index contributed by atoms with van der Waals surface area (Å²) in [5.41, 5.74) is 3.21. The minimum Gasteiger partial charge on any atom is -0.312 e. The van der Waals surface area contributed by atoms with Gasteiger partial charge in [-0.3, -0.25) is 14.5 Å². The molecule has 0 spiro atoms. The number of thiazole rings is 1. The zero-order chi connectivity index (χ0) is 17.3. The molecule has 1 aromatic carbocycles. The zero-order valence-electron chi connectivity index (χ0n) is 14.2. The summed E-state index contributed by atoms with van der Waals surface area (Å²) in [5.74, 6) is -0.0938. The Morgan fingerprint density at radius 1 is 1.33 bits per heavy atom. The lowest BCUT2D eigenvalue weighted by Gasteiger charge is -2.33. The van der Waals surface area contributed by atoms with E-state index in [1.54, 1.807) is 23.0 Å². The Bertz CT molecular complexity index is 758. The Hall–Kier alpha value is -2.21. The molecule has 0 radical (unpaired) electrons. The molecular weight excluding hydrogens is 322 g/mol. The van der Waals surface area contributed by atoms with E-state index in [2.05, 4.69) is 4.98 Å². The van der Waals surface area contributed by atoms with Gasteiger partial charge in [0.1, 0.15) is 0 Å². The van der Waals surface area contributed by atoms with Crippen molar-refractivity contribution in [3.05, 3.63) is 40.9 Å². The number of hydrogen-bond donors (Lipinski definition) is 0. The molecule has 3 rings (SSSR count). The number of carbonyl (C=O) groups is 2. The second-order valence-corrected chi connectivity index (χ2v) is 7.09. The predicted octanol–water partition coefficient (Wildman–Crippen LogP) is 3.17. The van der Waals surface area contributed by atoms with Crippen LogP contribution in [0.4, 0.5) is 10.8 Å². The smallest absolute Gasteiger partial charge is 0.233 e. The Balaban J connectivity index is 1.79. The van der Waals surface area contributed by atoms with Gasteiger partial charge in [-0.15, -0.1) is 11.3 Å². The van der Waals surface area contributed by atoms with Gasteiger partial charge in [-0.25, -0.2) is 4.98 Å². The van der Waals surface area contributed by atoms with Crippen molar-refractivity contribution in [2.24, 2.45) is 5.92 Å². The van der Waals surface area contributed by atoms with Gasteiger partial charge in [0.15, 0.2) is 5.13 Å². The second kappa shape index (κ2) is 6.73. The number of nitrogens with zero attached hydrogens (tertiary/aromatic N) is 3. The Labute approximate surface area is 145 Å². The van der Waals surface area contributed by atoms with Crippen LogP contribution < -0.4 is 9.80 Å². The summed E-state index contributed by atoms with van der Waals surface area (Å²) >= 11 is 1.44. The SMILES string of the molecule is Cc1ccc(N2C[C@H](C(=O)N(C)c3nccs3)CCC2=O)cc1C. The van der Waals surface area contributed by atoms with E-state index in [1.165, 1.54) is 16.9 Å². The molecule has 2 heterocycles. The van der Waals surface area contributed by atoms with Gasteiger partial charge in [0.2, 0.25) is 11.8 Å². The van der Waals surface area contributed by atoms with Crippen LogP contribution in [-0.4, -0.2) is 30.4 Å². The molecule has 0 unspecified atom stereocenters. The van der Waals surface area contributed by atoms with Crippen LogP contribution in [0.2, 0.25) is 0 Å². The fourth-order valence-electron chi connectivity index (χ4n) is 2.94. The van der Waals surface area contributed by atoms with Crippen LogP contribution in [0.25, 0.3) is 0 Å². The van der Waals surface area contributed by atoms with Gasteiger partial charge in [0, 0.05) is 37.3 Å². The fourth-order valence-corrected chi connectivity index (χ4v) is 3.55. The zero-order valence-corrected chi connectivity index (χ0v) is 15.0. The fraction of sp³-hybridized carbons (Fsp3) is 0.389. The molecule has 6 heteroatoms. The molecule has 2 amide bonds. The van der Waals surface area contributed by atoms with Crippen molar-refractivity contribution in [1.82, 2.24) is 4.98 Å². The number of rotatable bonds is 3. The molecule has 2 aromatic rings. The number of amides is 2.